The SMILES string of the molecule is O=C(c1ccc(I)c(F)c1)N1C[C@H]2CNC[C@H]2C1. The molecule has 2 heterocycles. The summed E-state index contributed by atoms with van der Waals surface area (Å²) in [6.07, 6.45) is 0. The quantitative estimate of drug-likeness (QED) is 0.774. The Balaban J connectivity index is 1.77. The molecule has 0 spiro atoms. The molecule has 1 amide bonds. The third kappa shape index (κ3) is 2.14. The summed E-state index contributed by atoms with van der Waals surface area (Å²) in [5.41, 5.74) is 0.459. The number of nitrogens with one attached hydrogen (secondary N) is 1. The Morgan fingerprint density at radius 3 is 2.61 bits per heavy atom. The van der Waals surface area contributed by atoms with Gasteiger partial charge in [0.05, 0.1) is 0 Å². The molecule has 1 aromatic carbocycles. The molecule has 2 fully saturated rings. The van der Waals surface area contributed by atoms with Crippen molar-refractivity contribution in [2.45, 2.75) is 0 Å². The zero-order valence-corrected chi connectivity index (χ0v) is 12.0. The summed E-state index contributed by atoms with van der Waals surface area (Å²) in [5.74, 6) is 0.785. The number of likely N-dealkylation sites (tertiary alicyclic amines) is 1. The smallest absolute Gasteiger partial charge is 0.253 e. The molecule has 18 heavy (non-hydrogen) atoms. The molecule has 1 aromatic rings. The molecule has 1 N–H and O–H groups in total. The standard InChI is InChI=1S/C13H14FIN2O/c14-11-3-8(1-2-12(11)15)13(18)17-6-9-4-16-5-10(9)7-17/h1-3,9-10,16H,4-7H2/t9-,10+. The Morgan fingerprint density at radius 2 is 2.00 bits per heavy atom. The number of halogens is 2. The molecule has 0 bridgehead atoms. The first-order chi connectivity index (χ1) is 8.65. The lowest BCUT2D eigenvalue weighted by atomic mass is 10.0. The molecule has 0 aromatic heterocycles. The second-order valence-electron chi connectivity index (χ2n) is 5.02. The van der Waals surface area contributed by atoms with E-state index in [9.17, 15) is 9.18 Å². The van der Waals surface area contributed by atoms with E-state index in [1.54, 1.807) is 12.1 Å². The fourth-order valence-corrected chi connectivity index (χ4v) is 3.17. The molecule has 3 nitrogen and oxygen atoms in total. The molecule has 0 radical (unpaired) electrons. The van der Waals surface area contributed by atoms with Gasteiger partial charge in [0.15, 0.2) is 0 Å². The summed E-state index contributed by atoms with van der Waals surface area (Å²) in [5, 5.41) is 3.34. The Labute approximate surface area is 119 Å². The van der Waals surface area contributed by atoms with Gasteiger partial charge in [-0.2, -0.15) is 0 Å². The van der Waals surface area contributed by atoms with Gasteiger partial charge < -0.3 is 10.2 Å². The minimum absolute atomic E-state index is 0.0419. The molecule has 2 aliphatic rings. The second-order valence-corrected chi connectivity index (χ2v) is 6.18. The maximum absolute atomic E-state index is 13.5. The van der Waals surface area contributed by atoms with E-state index in [0.717, 1.165) is 26.2 Å². The van der Waals surface area contributed by atoms with Gasteiger partial charge in [-0.25, -0.2) is 4.39 Å². The van der Waals surface area contributed by atoms with Crippen LogP contribution < -0.4 is 5.32 Å². The van der Waals surface area contributed by atoms with Crippen molar-refractivity contribution in [2.24, 2.45) is 11.8 Å². The summed E-state index contributed by atoms with van der Waals surface area (Å²) >= 11 is 1.93. The zero-order valence-electron chi connectivity index (χ0n) is 9.83. The molecule has 5 heteroatoms. The first kappa shape index (κ1) is 12.3. The first-order valence-electron chi connectivity index (χ1n) is 6.10. The van der Waals surface area contributed by atoms with E-state index in [0.29, 0.717) is 21.0 Å². The van der Waals surface area contributed by atoms with Crippen molar-refractivity contribution < 1.29 is 9.18 Å². The van der Waals surface area contributed by atoms with Gasteiger partial charge in [0.2, 0.25) is 0 Å². The number of hydrogen-bond donors (Lipinski definition) is 1. The van der Waals surface area contributed by atoms with E-state index in [1.807, 2.05) is 27.5 Å². The molecular weight excluding hydrogens is 346 g/mol. The van der Waals surface area contributed by atoms with Crippen LogP contribution in [-0.2, 0) is 0 Å². The second kappa shape index (κ2) is 4.77. The first-order valence-corrected chi connectivity index (χ1v) is 7.18. The van der Waals surface area contributed by atoms with E-state index < -0.39 is 0 Å². The van der Waals surface area contributed by atoms with Crippen LogP contribution in [0.25, 0.3) is 0 Å². The van der Waals surface area contributed by atoms with E-state index in [-0.39, 0.29) is 11.7 Å². The van der Waals surface area contributed by atoms with Crippen molar-refractivity contribution >= 4 is 28.5 Å². The number of carbonyl (C=O) groups excluding carboxylic acids is 1. The lowest BCUT2D eigenvalue weighted by Gasteiger charge is -2.17. The molecule has 0 aliphatic carbocycles. The van der Waals surface area contributed by atoms with Crippen LogP contribution in [0.2, 0.25) is 0 Å². The van der Waals surface area contributed by atoms with Gasteiger partial charge in [-0.3, -0.25) is 4.79 Å². The average molecular weight is 360 g/mol. The van der Waals surface area contributed by atoms with E-state index >= 15 is 0 Å². The molecule has 3 rings (SSSR count). The van der Waals surface area contributed by atoms with E-state index in [4.69, 9.17) is 0 Å². The Bertz CT molecular complexity index is 482. The van der Waals surface area contributed by atoms with Crippen LogP contribution in [-0.4, -0.2) is 37.0 Å². The number of nitrogens with zero attached hydrogens (tertiary/aromatic N) is 1. The molecule has 2 aliphatic heterocycles. The van der Waals surface area contributed by atoms with Crippen LogP contribution in [0, 0.1) is 21.2 Å². The van der Waals surface area contributed by atoms with Crippen molar-refractivity contribution in [1.29, 1.82) is 0 Å². The summed E-state index contributed by atoms with van der Waals surface area (Å²) in [6, 6.07) is 4.71. The monoisotopic (exact) mass is 360 g/mol. The highest BCUT2D eigenvalue weighted by atomic mass is 127. The minimum Gasteiger partial charge on any atom is -0.338 e. The van der Waals surface area contributed by atoms with E-state index in [2.05, 4.69) is 5.32 Å². The Kier molecular flexibility index (Phi) is 3.27. The van der Waals surface area contributed by atoms with Crippen LogP contribution in [0.5, 0.6) is 0 Å². The van der Waals surface area contributed by atoms with Crippen LogP contribution in [0.15, 0.2) is 18.2 Å². The van der Waals surface area contributed by atoms with Crippen molar-refractivity contribution in [3.63, 3.8) is 0 Å². The summed E-state index contributed by atoms with van der Waals surface area (Å²) in [4.78, 5) is 14.1. The number of rotatable bonds is 1. The number of carbonyl (C=O) groups is 1. The molecule has 0 unspecified atom stereocenters. The molecular formula is C13H14FIN2O. The molecule has 2 saturated heterocycles. The lowest BCUT2D eigenvalue weighted by Crippen LogP contribution is -2.31. The predicted molar refractivity (Wildman–Crippen MR) is 74.9 cm³/mol. The maximum Gasteiger partial charge on any atom is 0.253 e. The Morgan fingerprint density at radius 1 is 1.33 bits per heavy atom. The third-order valence-corrected chi connectivity index (χ3v) is 4.72. The molecule has 2 atom stereocenters. The maximum atomic E-state index is 13.5. The lowest BCUT2D eigenvalue weighted by molar-refractivity contribution is 0.0781. The van der Waals surface area contributed by atoms with Gasteiger partial charge in [0, 0.05) is 35.3 Å². The summed E-state index contributed by atoms with van der Waals surface area (Å²) < 4.78 is 14.0. The van der Waals surface area contributed by atoms with Crippen molar-refractivity contribution in [1.82, 2.24) is 10.2 Å². The van der Waals surface area contributed by atoms with Gasteiger partial charge in [-0.15, -0.1) is 0 Å². The number of fused-ring (bicyclic) bond motifs is 1. The minimum atomic E-state index is -0.317. The third-order valence-electron chi connectivity index (χ3n) is 3.84. The average Bonchev–Trinajstić information content (AvgIpc) is 2.92. The molecule has 0 saturated carbocycles. The number of hydrogen-bond acceptors (Lipinski definition) is 2. The van der Waals surface area contributed by atoms with Gasteiger partial charge in [0.25, 0.3) is 5.91 Å². The normalized spacial score (nSPS) is 26.4. The van der Waals surface area contributed by atoms with Gasteiger partial charge in [-0.1, -0.05) is 0 Å². The topological polar surface area (TPSA) is 32.3 Å². The van der Waals surface area contributed by atoms with Gasteiger partial charge in [-0.05, 0) is 52.6 Å². The van der Waals surface area contributed by atoms with Crippen LogP contribution in [0.1, 0.15) is 10.4 Å². The number of amides is 1. The van der Waals surface area contributed by atoms with Gasteiger partial charge >= 0.3 is 0 Å². The highest BCUT2D eigenvalue weighted by Gasteiger charge is 2.38. The highest BCUT2D eigenvalue weighted by Crippen LogP contribution is 2.27. The van der Waals surface area contributed by atoms with Crippen molar-refractivity contribution in [3.8, 4) is 0 Å². The predicted octanol–water partition coefficient (Wildman–Crippen LogP) is 1.72. The van der Waals surface area contributed by atoms with Crippen molar-refractivity contribution in [2.75, 3.05) is 26.2 Å². The highest BCUT2D eigenvalue weighted by molar-refractivity contribution is 14.1. The molecule has 96 valence electrons. The Hall–Kier alpha value is -0.690. The van der Waals surface area contributed by atoms with Crippen LogP contribution in [0.4, 0.5) is 4.39 Å². The van der Waals surface area contributed by atoms with Crippen molar-refractivity contribution in [3.05, 3.63) is 33.1 Å². The van der Waals surface area contributed by atoms with Crippen LogP contribution in [0.3, 0.4) is 0 Å². The van der Waals surface area contributed by atoms with E-state index in [1.165, 1.54) is 6.07 Å². The zero-order chi connectivity index (χ0) is 12.7. The van der Waals surface area contributed by atoms with Gasteiger partial charge in [0.1, 0.15) is 5.82 Å². The van der Waals surface area contributed by atoms with Crippen LogP contribution >= 0.6 is 22.6 Å². The summed E-state index contributed by atoms with van der Waals surface area (Å²) in [7, 11) is 0. The number of benzene rings is 1. The summed E-state index contributed by atoms with van der Waals surface area (Å²) in [6.45, 7) is 3.58. The fraction of sp³-hybridized carbons (Fsp3) is 0.462. The largest absolute Gasteiger partial charge is 0.338 e. The fourth-order valence-electron chi connectivity index (χ4n) is 2.83.